The maximum absolute atomic E-state index is 11.6. The van der Waals surface area contributed by atoms with Crippen LogP contribution >= 0.6 is 0 Å². The number of hydrogen-bond donors (Lipinski definition) is 3. The Balaban J connectivity index is 2.00. The van der Waals surface area contributed by atoms with E-state index in [9.17, 15) is 4.79 Å². The van der Waals surface area contributed by atoms with Gasteiger partial charge < -0.3 is 24.8 Å². The van der Waals surface area contributed by atoms with Crippen molar-refractivity contribution in [2.75, 3.05) is 31.2 Å². The molecule has 138 valence electrons. The fraction of sp³-hybridized carbons (Fsp3) is 0.556. The summed E-state index contributed by atoms with van der Waals surface area (Å²) < 4.78 is 5.12. The van der Waals surface area contributed by atoms with Gasteiger partial charge in [0.15, 0.2) is 0 Å². The van der Waals surface area contributed by atoms with E-state index in [-0.39, 0.29) is 25.3 Å². The Hall–Kier alpha value is -2.12. The van der Waals surface area contributed by atoms with Crippen molar-refractivity contribution in [2.45, 2.75) is 39.2 Å². The summed E-state index contributed by atoms with van der Waals surface area (Å²) in [7, 11) is 0. The minimum Gasteiger partial charge on any atom is -0.463 e. The highest BCUT2D eigenvalue weighted by Gasteiger charge is 2.10. The molecule has 0 saturated carbocycles. The number of ether oxygens (including phenoxy) is 1. The van der Waals surface area contributed by atoms with E-state index in [0.717, 1.165) is 22.5 Å². The van der Waals surface area contributed by atoms with E-state index in [4.69, 9.17) is 14.9 Å². The lowest BCUT2D eigenvalue weighted by molar-refractivity contribution is -0.147. The lowest BCUT2D eigenvalue weighted by Crippen LogP contribution is -2.29. The average molecular weight is 349 g/mol. The number of nitrogens with zero attached hydrogens (tertiary/aromatic N) is 2. The third kappa shape index (κ3) is 5.72. The van der Waals surface area contributed by atoms with Crippen molar-refractivity contribution < 1.29 is 19.7 Å². The van der Waals surface area contributed by atoms with Gasteiger partial charge in [0, 0.05) is 31.6 Å². The van der Waals surface area contributed by atoms with Gasteiger partial charge in [-0.05, 0) is 38.5 Å². The second-order valence-electron chi connectivity index (χ2n) is 6.21. The second kappa shape index (κ2) is 9.39. The molecule has 2 rings (SSSR count). The van der Waals surface area contributed by atoms with Gasteiger partial charge in [-0.2, -0.15) is 0 Å². The van der Waals surface area contributed by atoms with E-state index in [1.807, 2.05) is 36.9 Å². The van der Waals surface area contributed by atoms with Gasteiger partial charge in [-0.25, -0.2) is 4.98 Å². The minimum atomic E-state index is -0.183. The first-order chi connectivity index (χ1) is 12.0. The topological polar surface area (TPSA) is 98.7 Å². The number of aromatic nitrogens is 2. The van der Waals surface area contributed by atoms with E-state index >= 15 is 0 Å². The molecule has 0 spiro atoms. The molecule has 0 saturated heterocycles. The summed E-state index contributed by atoms with van der Waals surface area (Å²) in [6.45, 7) is 4.65. The predicted octanol–water partition coefficient (Wildman–Crippen LogP) is 1.63. The number of esters is 1. The number of aromatic amines is 1. The standard InChI is InChI=1S/C18H27N3O4/c1-13(2)25-18(24)5-3-4-17-19-15-7-6-14(12-16(15)20-17)21(8-10-22)9-11-23/h6-7,12-13,22-23H,3-5,8-11H2,1-2H3,(H,19,20). The van der Waals surface area contributed by atoms with Gasteiger partial charge in [-0.15, -0.1) is 0 Å². The summed E-state index contributed by atoms with van der Waals surface area (Å²) in [5.41, 5.74) is 2.67. The lowest BCUT2D eigenvalue weighted by atomic mass is 10.2. The van der Waals surface area contributed by atoms with Gasteiger partial charge in [-0.3, -0.25) is 4.79 Å². The summed E-state index contributed by atoms with van der Waals surface area (Å²) in [6.07, 6.45) is 1.65. The number of fused-ring (bicyclic) bond motifs is 1. The maximum atomic E-state index is 11.6. The molecule has 1 heterocycles. The maximum Gasteiger partial charge on any atom is 0.306 e. The molecule has 0 aliphatic carbocycles. The van der Waals surface area contributed by atoms with Crippen molar-refractivity contribution in [3.63, 3.8) is 0 Å². The number of imidazole rings is 1. The zero-order chi connectivity index (χ0) is 18.2. The van der Waals surface area contributed by atoms with Crippen molar-refractivity contribution in [3.05, 3.63) is 24.0 Å². The Labute approximate surface area is 147 Å². The molecule has 0 aliphatic heterocycles. The number of aliphatic hydroxyl groups is 2. The quantitative estimate of drug-likeness (QED) is 0.564. The minimum absolute atomic E-state index is 0.0241. The van der Waals surface area contributed by atoms with Crippen LogP contribution in [0.15, 0.2) is 18.2 Å². The third-order valence-corrected chi connectivity index (χ3v) is 3.78. The number of aliphatic hydroxyl groups excluding tert-OH is 2. The average Bonchev–Trinajstić information content (AvgIpc) is 2.95. The van der Waals surface area contributed by atoms with E-state index < -0.39 is 0 Å². The first-order valence-corrected chi connectivity index (χ1v) is 8.68. The lowest BCUT2D eigenvalue weighted by Gasteiger charge is -2.22. The summed E-state index contributed by atoms with van der Waals surface area (Å²) >= 11 is 0. The molecule has 0 aliphatic rings. The Kier molecular flexibility index (Phi) is 7.21. The second-order valence-corrected chi connectivity index (χ2v) is 6.21. The van der Waals surface area contributed by atoms with Crippen molar-refractivity contribution in [2.24, 2.45) is 0 Å². The fourth-order valence-corrected chi connectivity index (χ4v) is 2.70. The molecule has 0 unspecified atom stereocenters. The number of anilines is 1. The normalized spacial score (nSPS) is 11.2. The molecule has 7 nitrogen and oxygen atoms in total. The van der Waals surface area contributed by atoms with Crippen molar-refractivity contribution >= 4 is 22.7 Å². The first-order valence-electron chi connectivity index (χ1n) is 8.68. The molecule has 0 atom stereocenters. The largest absolute Gasteiger partial charge is 0.463 e. The van der Waals surface area contributed by atoms with Crippen LogP contribution in [0.1, 0.15) is 32.5 Å². The molecule has 0 bridgehead atoms. The van der Waals surface area contributed by atoms with Crippen LogP contribution in [0.5, 0.6) is 0 Å². The molecule has 0 fully saturated rings. The predicted molar refractivity (Wildman–Crippen MR) is 96.6 cm³/mol. The zero-order valence-electron chi connectivity index (χ0n) is 14.9. The summed E-state index contributed by atoms with van der Waals surface area (Å²) in [6, 6.07) is 5.82. The van der Waals surface area contributed by atoms with E-state index in [1.54, 1.807) is 0 Å². The molecular formula is C18H27N3O4. The van der Waals surface area contributed by atoms with Crippen molar-refractivity contribution in [3.8, 4) is 0 Å². The molecular weight excluding hydrogens is 322 g/mol. The van der Waals surface area contributed by atoms with Crippen LogP contribution in [0.25, 0.3) is 11.0 Å². The van der Waals surface area contributed by atoms with Crippen molar-refractivity contribution in [1.82, 2.24) is 9.97 Å². The molecule has 3 N–H and O–H groups in total. The Morgan fingerprint density at radius 1 is 1.28 bits per heavy atom. The Bertz CT molecular complexity index is 678. The molecule has 7 heteroatoms. The van der Waals surface area contributed by atoms with Crippen molar-refractivity contribution in [1.29, 1.82) is 0 Å². The van der Waals surface area contributed by atoms with Gasteiger partial charge in [0.2, 0.25) is 0 Å². The van der Waals surface area contributed by atoms with Crippen LogP contribution in [0.4, 0.5) is 5.69 Å². The number of aryl methyl sites for hydroxylation is 1. The molecule has 2 aromatic rings. The van der Waals surface area contributed by atoms with Crippen LogP contribution in [0, 0.1) is 0 Å². The smallest absolute Gasteiger partial charge is 0.306 e. The van der Waals surface area contributed by atoms with E-state index in [1.165, 1.54) is 0 Å². The van der Waals surface area contributed by atoms with Gasteiger partial charge >= 0.3 is 5.97 Å². The van der Waals surface area contributed by atoms with Crippen LogP contribution in [0.3, 0.4) is 0 Å². The number of hydrogen-bond acceptors (Lipinski definition) is 6. The highest BCUT2D eigenvalue weighted by molar-refractivity contribution is 5.79. The molecule has 1 aromatic heterocycles. The molecule has 0 radical (unpaired) electrons. The third-order valence-electron chi connectivity index (χ3n) is 3.78. The Morgan fingerprint density at radius 3 is 2.64 bits per heavy atom. The van der Waals surface area contributed by atoms with Crippen LogP contribution in [0.2, 0.25) is 0 Å². The molecule has 1 aromatic carbocycles. The van der Waals surface area contributed by atoms with Crippen LogP contribution < -0.4 is 4.90 Å². The number of benzene rings is 1. The summed E-state index contributed by atoms with van der Waals surface area (Å²) in [5.74, 6) is 0.650. The van der Waals surface area contributed by atoms with Gasteiger partial charge in [0.05, 0.1) is 30.4 Å². The number of H-pyrrole nitrogens is 1. The van der Waals surface area contributed by atoms with Crippen LogP contribution in [-0.2, 0) is 16.0 Å². The number of carbonyl (C=O) groups excluding carboxylic acids is 1. The van der Waals surface area contributed by atoms with Gasteiger partial charge in [0.1, 0.15) is 5.82 Å². The number of rotatable bonds is 10. The summed E-state index contributed by atoms with van der Waals surface area (Å²) in [5, 5.41) is 18.3. The van der Waals surface area contributed by atoms with Gasteiger partial charge in [-0.1, -0.05) is 0 Å². The molecule has 25 heavy (non-hydrogen) atoms. The fourth-order valence-electron chi connectivity index (χ4n) is 2.70. The van der Waals surface area contributed by atoms with E-state index in [0.29, 0.717) is 32.4 Å². The number of nitrogens with one attached hydrogen (secondary N) is 1. The molecule has 0 amide bonds. The Morgan fingerprint density at radius 2 is 2.00 bits per heavy atom. The SMILES string of the molecule is CC(C)OC(=O)CCCc1nc2cc(N(CCO)CCO)ccc2[nH]1. The van der Waals surface area contributed by atoms with E-state index in [2.05, 4.69) is 9.97 Å². The van der Waals surface area contributed by atoms with Gasteiger partial charge in [0.25, 0.3) is 0 Å². The highest BCUT2D eigenvalue weighted by atomic mass is 16.5. The zero-order valence-corrected chi connectivity index (χ0v) is 14.9. The number of carbonyl (C=O) groups is 1. The highest BCUT2D eigenvalue weighted by Crippen LogP contribution is 2.21. The van der Waals surface area contributed by atoms with Crippen LogP contribution in [-0.4, -0.2) is 58.6 Å². The monoisotopic (exact) mass is 349 g/mol. The first kappa shape index (κ1) is 19.2. The summed E-state index contributed by atoms with van der Waals surface area (Å²) in [4.78, 5) is 21.3.